The highest BCUT2D eigenvalue weighted by Gasteiger charge is 2.29. The molecule has 1 aliphatic carbocycles. The standard InChI is InChI=1S/C15H16F2N4O2S/c1-23-10-5-4-9(16)11(12(10)17)14(22)18-6-7-21-13(8-2-3-8)19-20-15(21)24/h4-5,8H,2-3,6-7H2,1H3,(H,18,22)(H,20,24). The zero-order chi connectivity index (χ0) is 17.3. The van der Waals surface area contributed by atoms with Gasteiger partial charge in [-0.1, -0.05) is 0 Å². The van der Waals surface area contributed by atoms with Crippen LogP contribution >= 0.6 is 12.2 Å². The van der Waals surface area contributed by atoms with Crippen LogP contribution in [-0.2, 0) is 6.54 Å². The lowest BCUT2D eigenvalue weighted by molar-refractivity contribution is 0.0942. The van der Waals surface area contributed by atoms with Crippen molar-refractivity contribution in [2.75, 3.05) is 13.7 Å². The molecule has 1 fully saturated rings. The number of nitrogens with zero attached hydrogens (tertiary/aromatic N) is 2. The number of aromatic nitrogens is 3. The summed E-state index contributed by atoms with van der Waals surface area (Å²) in [5, 5.41) is 9.41. The highest BCUT2D eigenvalue weighted by molar-refractivity contribution is 7.71. The minimum Gasteiger partial charge on any atom is -0.494 e. The fourth-order valence-electron chi connectivity index (χ4n) is 2.47. The summed E-state index contributed by atoms with van der Waals surface area (Å²) in [5.74, 6) is -1.74. The first-order valence-corrected chi connectivity index (χ1v) is 7.89. The second kappa shape index (κ2) is 6.68. The van der Waals surface area contributed by atoms with Crippen LogP contribution in [0.15, 0.2) is 12.1 Å². The topological polar surface area (TPSA) is 71.9 Å². The monoisotopic (exact) mass is 354 g/mol. The molecule has 1 aromatic heterocycles. The van der Waals surface area contributed by atoms with E-state index < -0.39 is 23.1 Å². The normalized spacial score (nSPS) is 13.8. The number of aromatic amines is 1. The van der Waals surface area contributed by atoms with E-state index in [4.69, 9.17) is 17.0 Å². The lowest BCUT2D eigenvalue weighted by Gasteiger charge is -2.10. The number of methoxy groups -OCH3 is 1. The molecule has 1 aromatic carbocycles. The van der Waals surface area contributed by atoms with Gasteiger partial charge in [-0.15, -0.1) is 0 Å². The summed E-state index contributed by atoms with van der Waals surface area (Å²) in [5.41, 5.74) is -0.660. The molecule has 1 heterocycles. The first-order valence-electron chi connectivity index (χ1n) is 7.48. The summed E-state index contributed by atoms with van der Waals surface area (Å²) in [6.07, 6.45) is 2.12. The van der Waals surface area contributed by atoms with E-state index in [1.54, 1.807) is 4.57 Å². The maximum atomic E-state index is 14.1. The van der Waals surface area contributed by atoms with Crippen molar-refractivity contribution >= 4 is 18.1 Å². The smallest absolute Gasteiger partial charge is 0.257 e. The maximum Gasteiger partial charge on any atom is 0.257 e. The van der Waals surface area contributed by atoms with Gasteiger partial charge in [-0.25, -0.2) is 8.78 Å². The number of benzene rings is 1. The minimum atomic E-state index is -1.02. The van der Waals surface area contributed by atoms with Gasteiger partial charge in [0.25, 0.3) is 5.91 Å². The molecule has 0 radical (unpaired) electrons. The van der Waals surface area contributed by atoms with E-state index in [-0.39, 0.29) is 12.3 Å². The number of halogens is 2. The minimum absolute atomic E-state index is 0.169. The van der Waals surface area contributed by atoms with E-state index in [1.807, 2.05) is 0 Å². The van der Waals surface area contributed by atoms with Crippen LogP contribution in [0.3, 0.4) is 0 Å². The first kappa shape index (κ1) is 16.6. The molecule has 128 valence electrons. The number of ether oxygens (including phenoxy) is 1. The summed E-state index contributed by atoms with van der Waals surface area (Å²) in [6, 6.07) is 2.13. The Morgan fingerprint density at radius 2 is 2.25 bits per heavy atom. The van der Waals surface area contributed by atoms with Gasteiger partial charge in [0.2, 0.25) is 0 Å². The number of nitrogens with one attached hydrogen (secondary N) is 2. The molecule has 0 saturated heterocycles. The van der Waals surface area contributed by atoms with Gasteiger partial charge in [0.05, 0.1) is 7.11 Å². The van der Waals surface area contributed by atoms with Crippen molar-refractivity contribution in [3.63, 3.8) is 0 Å². The average molecular weight is 354 g/mol. The van der Waals surface area contributed by atoms with Crippen molar-refractivity contribution in [3.05, 3.63) is 39.9 Å². The molecule has 2 aromatic rings. The Morgan fingerprint density at radius 3 is 2.92 bits per heavy atom. The van der Waals surface area contributed by atoms with Crippen molar-refractivity contribution in [2.24, 2.45) is 0 Å². The van der Waals surface area contributed by atoms with Crippen LogP contribution in [0.2, 0.25) is 0 Å². The average Bonchev–Trinajstić information content (AvgIpc) is 3.32. The van der Waals surface area contributed by atoms with E-state index in [2.05, 4.69) is 15.5 Å². The Hall–Kier alpha value is -2.29. The summed E-state index contributed by atoms with van der Waals surface area (Å²) < 4.78 is 34.9. The number of amides is 1. The van der Waals surface area contributed by atoms with Crippen molar-refractivity contribution < 1.29 is 18.3 Å². The summed E-state index contributed by atoms with van der Waals surface area (Å²) >= 11 is 5.16. The van der Waals surface area contributed by atoms with Crippen LogP contribution in [0.25, 0.3) is 0 Å². The molecule has 3 rings (SSSR count). The molecular weight excluding hydrogens is 338 g/mol. The van der Waals surface area contributed by atoms with Gasteiger partial charge in [0, 0.05) is 19.0 Å². The maximum absolute atomic E-state index is 14.1. The Bertz CT molecular complexity index is 829. The number of hydrogen-bond donors (Lipinski definition) is 2. The summed E-state index contributed by atoms with van der Waals surface area (Å²) in [4.78, 5) is 12.1. The van der Waals surface area contributed by atoms with Crippen molar-refractivity contribution in [1.82, 2.24) is 20.1 Å². The molecule has 24 heavy (non-hydrogen) atoms. The molecule has 6 nitrogen and oxygen atoms in total. The Kier molecular flexibility index (Phi) is 4.61. The third-order valence-electron chi connectivity index (χ3n) is 3.85. The lowest BCUT2D eigenvalue weighted by Crippen LogP contribution is -2.29. The van der Waals surface area contributed by atoms with Crippen LogP contribution in [-0.4, -0.2) is 34.3 Å². The highest BCUT2D eigenvalue weighted by Crippen LogP contribution is 2.38. The van der Waals surface area contributed by atoms with Gasteiger partial charge in [-0.2, -0.15) is 5.10 Å². The van der Waals surface area contributed by atoms with Gasteiger partial charge in [0.15, 0.2) is 16.3 Å². The molecule has 1 saturated carbocycles. The zero-order valence-electron chi connectivity index (χ0n) is 12.9. The van der Waals surface area contributed by atoms with E-state index in [0.29, 0.717) is 17.2 Å². The Balaban J connectivity index is 1.69. The van der Waals surface area contributed by atoms with E-state index in [0.717, 1.165) is 30.8 Å². The quantitative estimate of drug-likeness (QED) is 0.782. The van der Waals surface area contributed by atoms with E-state index >= 15 is 0 Å². The fraction of sp³-hybridized carbons (Fsp3) is 0.400. The second-order valence-electron chi connectivity index (χ2n) is 5.51. The van der Waals surface area contributed by atoms with Gasteiger partial charge >= 0.3 is 0 Å². The highest BCUT2D eigenvalue weighted by atomic mass is 32.1. The number of hydrogen-bond acceptors (Lipinski definition) is 4. The molecule has 0 spiro atoms. The number of carbonyl (C=O) groups is 1. The molecule has 1 amide bonds. The predicted molar refractivity (Wildman–Crippen MR) is 84.6 cm³/mol. The predicted octanol–water partition coefficient (Wildman–Crippen LogP) is 2.53. The van der Waals surface area contributed by atoms with Gasteiger partial charge in [-0.3, -0.25) is 9.89 Å². The molecule has 0 atom stereocenters. The first-order chi connectivity index (χ1) is 11.5. The van der Waals surface area contributed by atoms with Crippen LogP contribution in [0, 0.1) is 16.4 Å². The lowest BCUT2D eigenvalue weighted by atomic mass is 10.1. The van der Waals surface area contributed by atoms with Crippen molar-refractivity contribution in [2.45, 2.75) is 25.3 Å². The molecule has 1 aliphatic rings. The molecule has 0 bridgehead atoms. The third kappa shape index (κ3) is 3.16. The number of rotatable bonds is 6. The van der Waals surface area contributed by atoms with E-state index in [9.17, 15) is 13.6 Å². The fourth-order valence-corrected chi connectivity index (χ4v) is 2.70. The van der Waals surface area contributed by atoms with Crippen LogP contribution in [0.1, 0.15) is 34.9 Å². The van der Waals surface area contributed by atoms with Crippen molar-refractivity contribution in [3.8, 4) is 5.75 Å². The summed E-state index contributed by atoms with van der Waals surface area (Å²) in [6.45, 7) is 0.544. The molecule has 0 aliphatic heterocycles. The molecular formula is C15H16F2N4O2S. The largest absolute Gasteiger partial charge is 0.494 e. The molecule has 0 unspecified atom stereocenters. The van der Waals surface area contributed by atoms with Crippen LogP contribution < -0.4 is 10.1 Å². The summed E-state index contributed by atoms with van der Waals surface area (Å²) in [7, 11) is 1.25. The van der Waals surface area contributed by atoms with Crippen LogP contribution in [0.4, 0.5) is 8.78 Å². The van der Waals surface area contributed by atoms with Gasteiger partial charge in [-0.05, 0) is 37.2 Å². The third-order valence-corrected chi connectivity index (χ3v) is 4.17. The van der Waals surface area contributed by atoms with Gasteiger partial charge in [0.1, 0.15) is 17.2 Å². The van der Waals surface area contributed by atoms with Crippen LogP contribution in [0.5, 0.6) is 5.75 Å². The Morgan fingerprint density at radius 1 is 1.50 bits per heavy atom. The second-order valence-corrected chi connectivity index (χ2v) is 5.89. The molecule has 2 N–H and O–H groups in total. The SMILES string of the molecule is COc1ccc(F)c(C(=O)NCCn2c(C3CC3)n[nH]c2=S)c1F. The number of carbonyl (C=O) groups excluding carboxylic acids is 1. The molecule has 9 heteroatoms. The van der Waals surface area contributed by atoms with Gasteiger partial charge < -0.3 is 14.6 Å². The van der Waals surface area contributed by atoms with E-state index in [1.165, 1.54) is 7.11 Å². The Labute approximate surface area is 141 Å². The number of H-pyrrole nitrogens is 1. The zero-order valence-corrected chi connectivity index (χ0v) is 13.8. The van der Waals surface area contributed by atoms with Crippen molar-refractivity contribution in [1.29, 1.82) is 0 Å².